The van der Waals surface area contributed by atoms with E-state index in [1.165, 1.54) is 11.3 Å². The summed E-state index contributed by atoms with van der Waals surface area (Å²) >= 11 is 13.2. The minimum atomic E-state index is -0.0663. The number of carbonyl (C=O) groups is 1. The number of rotatable bonds is 3. The molecule has 90 valence electrons. The zero-order chi connectivity index (χ0) is 12.4. The lowest BCUT2D eigenvalue weighted by atomic mass is 10.3. The fourth-order valence-corrected chi connectivity index (χ4v) is 5.42. The van der Waals surface area contributed by atoms with Crippen molar-refractivity contribution in [1.29, 1.82) is 0 Å². The average molecular weight is 460 g/mol. The highest BCUT2D eigenvalue weighted by atomic mass is 79.9. The SMILES string of the molecule is O=C(NCc1ccc(Br)s1)c1cc(Br)sc1Br. The highest BCUT2D eigenvalue weighted by molar-refractivity contribution is 9.12. The van der Waals surface area contributed by atoms with Gasteiger partial charge >= 0.3 is 0 Å². The molecule has 2 aromatic rings. The van der Waals surface area contributed by atoms with Crippen LogP contribution >= 0.6 is 70.5 Å². The molecule has 0 aliphatic heterocycles. The van der Waals surface area contributed by atoms with Gasteiger partial charge in [-0.3, -0.25) is 4.79 Å². The van der Waals surface area contributed by atoms with Crippen molar-refractivity contribution < 1.29 is 4.79 Å². The third-order valence-electron chi connectivity index (χ3n) is 1.95. The summed E-state index contributed by atoms with van der Waals surface area (Å²) in [6, 6.07) is 5.78. The van der Waals surface area contributed by atoms with Crippen LogP contribution in [0.5, 0.6) is 0 Å². The van der Waals surface area contributed by atoms with Crippen molar-refractivity contribution in [1.82, 2.24) is 5.32 Å². The van der Waals surface area contributed by atoms with Crippen LogP contribution in [0.4, 0.5) is 0 Å². The Balaban J connectivity index is 2.00. The molecule has 1 amide bonds. The molecule has 0 saturated heterocycles. The number of nitrogens with one attached hydrogen (secondary N) is 1. The Bertz CT molecular complexity index is 549. The van der Waals surface area contributed by atoms with E-state index in [1.54, 1.807) is 11.3 Å². The average Bonchev–Trinajstić information content (AvgIpc) is 2.81. The van der Waals surface area contributed by atoms with Gasteiger partial charge in [0, 0.05) is 4.88 Å². The minimum absolute atomic E-state index is 0.0663. The predicted octanol–water partition coefficient (Wildman–Crippen LogP) is 5.03. The van der Waals surface area contributed by atoms with Crippen LogP contribution in [0.3, 0.4) is 0 Å². The second kappa shape index (κ2) is 5.97. The summed E-state index contributed by atoms with van der Waals surface area (Å²) in [5, 5.41) is 2.89. The third-order valence-corrected chi connectivity index (χ3v) is 5.92. The van der Waals surface area contributed by atoms with Crippen LogP contribution in [0.1, 0.15) is 15.2 Å². The van der Waals surface area contributed by atoms with Gasteiger partial charge in [-0.1, -0.05) is 0 Å². The maximum absolute atomic E-state index is 11.9. The first kappa shape index (κ1) is 13.7. The van der Waals surface area contributed by atoms with Crippen LogP contribution in [-0.2, 0) is 6.54 Å². The van der Waals surface area contributed by atoms with Crippen molar-refractivity contribution in [3.8, 4) is 0 Å². The lowest BCUT2D eigenvalue weighted by Crippen LogP contribution is -2.22. The summed E-state index contributed by atoms with van der Waals surface area (Å²) < 4.78 is 2.85. The molecule has 0 aliphatic carbocycles. The van der Waals surface area contributed by atoms with Crippen LogP contribution in [0.25, 0.3) is 0 Å². The molecule has 17 heavy (non-hydrogen) atoms. The Morgan fingerprint density at radius 3 is 2.47 bits per heavy atom. The maximum Gasteiger partial charge on any atom is 0.253 e. The number of hydrogen-bond donors (Lipinski definition) is 1. The number of carbonyl (C=O) groups excluding carboxylic acids is 1. The molecule has 0 aromatic carbocycles. The first-order valence-corrected chi connectivity index (χ1v) is 8.54. The van der Waals surface area contributed by atoms with Gasteiger partial charge in [0.2, 0.25) is 0 Å². The molecule has 0 spiro atoms. The van der Waals surface area contributed by atoms with Crippen molar-refractivity contribution in [3.63, 3.8) is 0 Å². The van der Waals surface area contributed by atoms with Crippen molar-refractivity contribution in [2.24, 2.45) is 0 Å². The molecule has 2 nitrogen and oxygen atoms in total. The molecule has 7 heteroatoms. The van der Waals surface area contributed by atoms with Gasteiger partial charge in [0.1, 0.15) is 0 Å². The van der Waals surface area contributed by atoms with Gasteiger partial charge in [-0.25, -0.2) is 0 Å². The summed E-state index contributed by atoms with van der Waals surface area (Å²) in [5.74, 6) is -0.0663. The van der Waals surface area contributed by atoms with Gasteiger partial charge in [0.15, 0.2) is 0 Å². The van der Waals surface area contributed by atoms with E-state index in [0.29, 0.717) is 12.1 Å². The summed E-state index contributed by atoms with van der Waals surface area (Å²) in [6.07, 6.45) is 0. The van der Waals surface area contributed by atoms with Gasteiger partial charge in [-0.15, -0.1) is 22.7 Å². The Morgan fingerprint density at radius 1 is 1.18 bits per heavy atom. The predicted molar refractivity (Wildman–Crippen MR) is 82.9 cm³/mol. The molecular weight excluding hydrogens is 454 g/mol. The standard InChI is InChI=1S/C10H6Br3NOS2/c11-7-2-1-5(16-7)4-14-10(15)6-3-8(12)17-9(6)13/h1-3H,4H2,(H,14,15). The summed E-state index contributed by atoms with van der Waals surface area (Å²) in [7, 11) is 0. The Hall–Kier alpha value is 0.310. The van der Waals surface area contributed by atoms with E-state index in [-0.39, 0.29) is 5.91 Å². The van der Waals surface area contributed by atoms with Crippen LogP contribution in [0.2, 0.25) is 0 Å². The summed E-state index contributed by atoms with van der Waals surface area (Å²) in [6.45, 7) is 0.551. The number of halogens is 3. The first-order valence-electron chi connectivity index (χ1n) is 4.53. The molecule has 2 rings (SSSR count). The minimum Gasteiger partial charge on any atom is -0.347 e. The monoisotopic (exact) mass is 457 g/mol. The molecule has 0 radical (unpaired) electrons. The molecule has 0 atom stereocenters. The zero-order valence-electron chi connectivity index (χ0n) is 8.30. The van der Waals surface area contributed by atoms with Crippen LogP contribution in [0.15, 0.2) is 29.6 Å². The van der Waals surface area contributed by atoms with Crippen molar-refractivity contribution in [2.45, 2.75) is 6.54 Å². The molecular formula is C10H6Br3NOS2. The van der Waals surface area contributed by atoms with Gasteiger partial charge in [-0.05, 0) is 66.0 Å². The highest BCUT2D eigenvalue weighted by Crippen LogP contribution is 2.31. The van der Waals surface area contributed by atoms with Crippen LogP contribution in [-0.4, -0.2) is 5.91 Å². The van der Waals surface area contributed by atoms with Crippen LogP contribution in [0, 0.1) is 0 Å². The molecule has 0 bridgehead atoms. The van der Waals surface area contributed by atoms with Gasteiger partial charge in [-0.2, -0.15) is 0 Å². The third kappa shape index (κ3) is 3.64. The summed E-state index contributed by atoms with van der Waals surface area (Å²) in [5.41, 5.74) is 0.664. The van der Waals surface area contributed by atoms with E-state index in [2.05, 4.69) is 53.1 Å². The lowest BCUT2D eigenvalue weighted by molar-refractivity contribution is 0.0951. The number of hydrogen-bond acceptors (Lipinski definition) is 3. The Labute approximate surface area is 132 Å². The first-order chi connectivity index (χ1) is 8.06. The van der Waals surface area contributed by atoms with E-state index >= 15 is 0 Å². The second-order valence-corrected chi connectivity index (χ2v) is 9.42. The van der Waals surface area contributed by atoms with Crippen molar-refractivity contribution in [2.75, 3.05) is 0 Å². The maximum atomic E-state index is 11.9. The van der Waals surface area contributed by atoms with Gasteiger partial charge < -0.3 is 5.32 Å². The molecule has 2 heterocycles. The topological polar surface area (TPSA) is 29.1 Å². The molecule has 0 unspecified atom stereocenters. The van der Waals surface area contributed by atoms with E-state index in [1.807, 2.05) is 18.2 Å². The second-order valence-electron chi connectivity index (χ2n) is 3.13. The van der Waals surface area contributed by atoms with Crippen LogP contribution < -0.4 is 5.32 Å². The van der Waals surface area contributed by atoms with Gasteiger partial charge in [0.25, 0.3) is 5.91 Å². The molecule has 0 fully saturated rings. The largest absolute Gasteiger partial charge is 0.347 e. The zero-order valence-corrected chi connectivity index (χ0v) is 14.7. The summed E-state index contributed by atoms with van der Waals surface area (Å²) in [4.78, 5) is 13.0. The number of thiophene rings is 2. The lowest BCUT2D eigenvalue weighted by Gasteiger charge is -2.01. The Morgan fingerprint density at radius 2 is 1.94 bits per heavy atom. The Kier molecular flexibility index (Phi) is 4.82. The van der Waals surface area contributed by atoms with E-state index in [4.69, 9.17) is 0 Å². The molecule has 2 aromatic heterocycles. The smallest absolute Gasteiger partial charge is 0.253 e. The van der Waals surface area contributed by atoms with Crippen molar-refractivity contribution in [3.05, 3.63) is 40.0 Å². The van der Waals surface area contributed by atoms with Crippen molar-refractivity contribution >= 4 is 76.4 Å². The van der Waals surface area contributed by atoms with E-state index < -0.39 is 0 Å². The molecule has 1 N–H and O–H groups in total. The van der Waals surface area contributed by atoms with E-state index in [9.17, 15) is 4.79 Å². The normalized spacial score (nSPS) is 10.5. The van der Waals surface area contributed by atoms with Gasteiger partial charge in [0.05, 0.1) is 23.5 Å². The highest BCUT2D eigenvalue weighted by Gasteiger charge is 2.13. The quantitative estimate of drug-likeness (QED) is 0.685. The van der Waals surface area contributed by atoms with E-state index in [0.717, 1.165) is 16.2 Å². The molecule has 0 aliphatic rings. The fourth-order valence-electron chi connectivity index (χ4n) is 1.20. The molecule has 0 saturated carbocycles. The number of amides is 1. The fraction of sp³-hybridized carbons (Fsp3) is 0.100.